The number of ether oxygens (including phenoxy) is 1. The molecule has 2 N–H and O–H groups in total. The van der Waals surface area contributed by atoms with E-state index in [0.717, 1.165) is 64.7 Å². The van der Waals surface area contributed by atoms with Crippen LogP contribution in [-0.4, -0.2) is 149 Å². The Bertz CT molecular complexity index is 2980. The molecule has 3 fully saturated rings. The van der Waals surface area contributed by atoms with Gasteiger partial charge in [-0.3, -0.25) is 14.3 Å². The first kappa shape index (κ1) is 71.8. The van der Waals surface area contributed by atoms with Gasteiger partial charge in [-0.05, 0) is 258 Å². The molecule has 3 saturated heterocycles. The van der Waals surface area contributed by atoms with Crippen LogP contribution in [0.3, 0.4) is 0 Å². The summed E-state index contributed by atoms with van der Waals surface area (Å²) in [5.41, 5.74) is 11.0. The number of likely N-dealkylation sites (N-methyl/N-ethyl adjacent to an activating group) is 1. The number of piperidine rings is 3. The topological polar surface area (TPSA) is 119 Å². The molecule has 4 aromatic rings. The summed E-state index contributed by atoms with van der Waals surface area (Å²) in [6, 6.07) is 27.6. The molecule has 508 valence electrons. The van der Waals surface area contributed by atoms with E-state index in [2.05, 4.69) is 200 Å². The summed E-state index contributed by atoms with van der Waals surface area (Å²) in [6.07, 6.45) is 19.3. The van der Waals surface area contributed by atoms with Crippen LogP contribution in [0.4, 0.5) is 4.79 Å². The third kappa shape index (κ3) is 17.8. The zero-order valence-electron chi connectivity index (χ0n) is 60.0. The number of amides is 4. The summed E-state index contributed by atoms with van der Waals surface area (Å²) in [5.74, 6) is 0.0835. The fourth-order valence-electron chi connectivity index (χ4n) is 16.2. The van der Waals surface area contributed by atoms with E-state index in [9.17, 15) is 14.4 Å². The van der Waals surface area contributed by atoms with Gasteiger partial charge in [-0.1, -0.05) is 135 Å². The summed E-state index contributed by atoms with van der Waals surface area (Å²) < 4.78 is 7.14. The number of rotatable bonds is 16. The van der Waals surface area contributed by atoms with Crippen LogP contribution >= 0.6 is 0 Å². The standard InChI is InChI=1S/C26H38N4O.C26H43N3O.C26H42N2O2.2H2/c1-5-30-19-20(18-27-30)24(31)28-23-10-11-26(22-9-7-6-8-21(22)23)13-16-29(17-14-26)15-12-25(2,3)4;1-19(2)29(20(3)4)24(30)27-23-18-21-10-8-9-11-22(21)26(23)13-16-28(17-14-26)15-12-25(5,6)7;1-7-28(24(29)20(2)30-6)23-12-13-26(22-11-9-8-10-21(22)23)15-18-27(19-16-26)17-14-25(3,4)5;;/h6-9,18-19,23H,5,10-17H2,1-4H3,(H,28,31);8-11,19-20,23H,12-18H2,1-7H3,(H,27,30);8-11,20,23H,7,12-19H2,1-6H3;2*1H/t2*23-;20-,23+;;/m011../s1. The number of aromatic nitrogens is 2. The number of fused-ring (bicyclic) bond motifs is 6. The fourth-order valence-corrected chi connectivity index (χ4v) is 16.2. The van der Waals surface area contributed by atoms with Crippen molar-refractivity contribution in [2.24, 2.45) is 16.2 Å². The van der Waals surface area contributed by atoms with Crippen LogP contribution < -0.4 is 10.6 Å². The number of carbonyl (C=O) groups excluding carboxylic acids is 3. The number of urea groups is 1. The Kier molecular flexibility index (Phi) is 24.1. The van der Waals surface area contributed by atoms with Gasteiger partial charge in [-0.2, -0.15) is 5.10 Å². The van der Waals surface area contributed by atoms with Gasteiger partial charge in [0.05, 0.1) is 23.8 Å². The summed E-state index contributed by atoms with van der Waals surface area (Å²) in [5, 5.41) is 11.0. The van der Waals surface area contributed by atoms with Crippen molar-refractivity contribution in [2.75, 3.05) is 72.6 Å². The van der Waals surface area contributed by atoms with Crippen LogP contribution in [0.1, 0.15) is 253 Å². The number of carbonyl (C=O) groups is 3. The second-order valence-corrected chi connectivity index (χ2v) is 32.5. The Morgan fingerprint density at radius 1 is 0.615 bits per heavy atom. The van der Waals surface area contributed by atoms with Gasteiger partial charge in [-0.25, -0.2) is 4.79 Å². The van der Waals surface area contributed by atoms with Crippen molar-refractivity contribution in [3.05, 3.63) is 124 Å². The molecule has 3 aliphatic heterocycles. The lowest BCUT2D eigenvalue weighted by atomic mass is 9.63. The van der Waals surface area contributed by atoms with Gasteiger partial charge < -0.3 is 39.9 Å². The maximum absolute atomic E-state index is 13.2. The Labute approximate surface area is 554 Å². The third-order valence-electron chi connectivity index (χ3n) is 22.0. The molecular formula is C78H127N9O4. The maximum atomic E-state index is 13.2. The Balaban J connectivity index is 0.000000219. The number of methoxy groups -OCH3 is 1. The van der Waals surface area contributed by atoms with E-state index in [-0.39, 0.29) is 73.3 Å². The van der Waals surface area contributed by atoms with Crippen LogP contribution in [0.15, 0.2) is 85.2 Å². The maximum Gasteiger partial charge on any atom is 0.318 e. The molecule has 4 amide bonds. The highest BCUT2D eigenvalue weighted by atomic mass is 16.5. The summed E-state index contributed by atoms with van der Waals surface area (Å²) in [7, 11) is 1.62. The lowest BCUT2D eigenvalue weighted by molar-refractivity contribution is -0.143. The zero-order chi connectivity index (χ0) is 66.1. The average molecular weight is 1250 g/mol. The molecule has 1 aromatic heterocycles. The second-order valence-electron chi connectivity index (χ2n) is 32.5. The van der Waals surface area contributed by atoms with Crippen molar-refractivity contribution in [1.29, 1.82) is 0 Å². The van der Waals surface area contributed by atoms with Gasteiger partial charge in [0.25, 0.3) is 11.8 Å². The number of hydrogen-bond donors (Lipinski definition) is 2. The van der Waals surface area contributed by atoms with Gasteiger partial charge in [-0.15, -0.1) is 0 Å². The highest BCUT2D eigenvalue weighted by Crippen LogP contribution is 2.51. The van der Waals surface area contributed by atoms with E-state index in [1.54, 1.807) is 18.0 Å². The van der Waals surface area contributed by atoms with Crippen molar-refractivity contribution < 1.29 is 22.0 Å². The van der Waals surface area contributed by atoms with Crippen molar-refractivity contribution in [1.82, 2.24) is 44.9 Å². The molecule has 0 radical (unpaired) electrons. The van der Waals surface area contributed by atoms with Gasteiger partial charge >= 0.3 is 6.03 Å². The van der Waals surface area contributed by atoms with Gasteiger partial charge in [0.2, 0.25) is 0 Å². The van der Waals surface area contributed by atoms with Crippen LogP contribution in [0.2, 0.25) is 0 Å². The van der Waals surface area contributed by atoms with E-state index in [0.29, 0.717) is 21.8 Å². The number of likely N-dealkylation sites (tertiary alicyclic amines) is 3. The molecular weight excluding hydrogens is 1130 g/mol. The van der Waals surface area contributed by atoms with Crippen LogP contribution in [0, 0.1) is 16.2 Å². The van der Waals surface area contributed by atoms with E-state index >= 15 is 0 Å². The summed E-state index contributed by atoms with van der Waals surface area (Å²) in [6.45, 7) is 47.4. The third-order valence-corrected chi connectivity index (χ3v) is 22.0. The van der Waals surface area contributed by atoms with E-state index in [1.807, 2.05) is 29.8 Å². The lowest BCUT2D eigenvalue weighted by Crippen LogP contribution is -2.58. The largest absolute Gasteiger partial charge is 0.372 e. The predicted molar refractivity (Wildman–Crippen MR) is 379 cm³/mol. The monoisotopic (exact) mass is 1250 g/mol. The number of nitrogens with one attached hydrogen (secondary N) is 2. The predicted octanol–water partition coefficient (Wildman–Crippen LogP) is 15.8. The fraction of sp³-hybridized carbons (Fsp3) is 0.692. The molecule has 0 unspecified atom stereocenters. The van der Waals surface area contributed by atoms with Gasteiger partial charge in [0, 0.05) is 52.8 Å². The lowest BCUT2D eigenvalue weighted by Gasteiger charge is -2.49. The molecule has 91 heavy (non-hydrogen) atoms. The summed E-state index contributed by atoms with van der Waals surface area (Å²) >= 11 is 0. The molecule has 0 saturated carbocycles. The van der Waals surface area contributed by atoms with E-state index in [4.69, 9.17) is 4.74 Å². The van der Waals surface area contributed by atoms with Crippen LogP contribution in [0.5, 0.6) is 0 Å². The minimum atomic E-state index is -0.390. The Morgan fingerprint density at radius 3 is 1.55 bits per heavy atom. The first-order valence-electron chi connectivity index (χ1n) is 35.7. The van der Waals surface area contributed by atoms with Crippen molar-refractivity contribution >= 4 is 17.8 Å². The smallest absolute Gasteiger partial charge is 0.318 e. The van der Waals surface area contributed by atoms with Crippen molar-refractivity contribution in [2.45, 2.75) is 260 Å². The molecule has 13 heteroatoms. The molecule has 4 heterocycles. The molecule has 3 aromatic carbocycles. The number of benzene rings is 3. The highest BCUT2D eigenvalue weighted by molar-refractivity contribution is 5.94. The van der Waals surface area contributed by atoms with Crippen LogP contribution in [-0.2, 0) is 38.7 Å². The number of nitrogens with zero attached hydrogens (tertiary/aromatic N) is 7. The minimum Gasteiger partial charge on any atom is -0.372 e. The molecule has 4 atom stereocenters. The minimum absolute atomic E-state index is 0. The first-order valence-corrected chi connectivity index (χ1v) is 35.7. The molecule has 10 rings (SSSR count). The molecule has 3 aliphatic carbocycles. The van der Waals surface area contributed by atoms with E-state index in [1.165, 1.54) is 131 Å². The van der Waals surface area contributed by atoms with Crippen molar-refractivity contribution in [3.8, 4) is 0 Å². The van der Waals surface area contributed by atoms with Gasteiger partial charge in [0.15, 0.2) is 0 Å². The zero-order valence-corrected chi connectivity index (χ0v) is 60.0. The van der Waals surface area contributed by atoms with Crippen molar-refractivity contribution in [3.63, 3.8) is 0 Å². The van der Waals surface area contributed by atoms with E-state index < -0.39 is 0 Å². The number of aryl methyl sites for hydroxylation is 1. The van der Waals surface area contributed by atoms with Gasteiger partial charge in [0.1, 0.15) is 6.10 Å². The highest BCUT2D eigenvalue weighted by Gasteiger charge is 2.50. The average Bonchev–Trinajstić information content (AvgIpc) is 1.70. The SMILES string of the molecule is CC(C)N(C(=O)N[C@@H]1Cc2ccccc2C12CCN(CCC(C)(C)C)CC2)C(C)C.CCN(C(=O)[C@@H](C)OC)[C@H]1CCC2(CCN(CCC(C)(C)C)CC2)c2ccccc21.CCn1cc(C(=O)N[C@H]2CCC3(CCN(CCC(C)(C)C)CC3)c3ccccc32)cn1.[HH].[HH]. The normalized spacial score (nSPS) is 21.6. The van der Waals surface area contributed by atoms with Crippen LogP contribution in [0.25, 0.3) is 0 Å². The first-order chi connectivity index (χ1) is 43.0. The molecule has 3 spiro atoms. The molecule has 0 bridgehead atoms. The Hall–Kier alpha value is -5.08. The number of hydrogen-bond acceptors (Lipinski definition) is 8. The summed E-state index contributed by atoms with van der Waals surface area (Å²) in [4.78, 5) is 51.0. The Morgan fingerprint density at radius 2 is 1.08 bits per heavy atom. The molecule has 6 aliphatic rings. The second kappa shape index (κ2) is 30.5. The molecule has 13 nitrogen and oxygen atoms in total. The quantitative estimate of drug-likeness (QED) is 0.114.